The van der Waals surface area contributed by atoms with Crippen LogP contribution in [0.4, 0.5) is 0 Å². The molecule has 0 atom stereocenters. The SMILES string of the molecule is CCCCOc1cc2c3cc1OCCOc1cc4c(cc1OCCCC)Cc1cc5c(OCCCC)cc1Cc1cc(c(OCCCC)cc1C4)OCCOc1cc(c(cc1OCCCC)Cc1cc(c(OCCCC)cc1C3)OCCO5)C2. The second-order valence-electron chi connectivity index (χ2n) is 22.8. The topological polar surface area (TPSA) is 111 Å². The molecule has 20 rings (SSSR count). The molecule has 18 bridgehead atoms. The molecular weight excluding hydrogens is 1060 g/mol. The van der Waals surface area contributed by atoms with Crippen LogP contribution in [0.2, 0.25) is 0 Å². The average Bonchev–Trinajstić information content (AvgIpc) is 3.88. The van der Waals surface area contributed by atoms with Crippen molar-refractivity contribution in [3.05, 3.63) is 140 Å². The summed E-state index contributed by atoms with van der Waals surface area (Å²) in [4.78, 5) is 0. The van der Waals surface area contributed by atoms with Gasteiger partial charge in [0.05, 0.1) is 39.6 Å². The van der Waals surface area contributed by atoms with Crippen LogP contribution in [0.15, 0.2) is 72.8 Å². The van der Waals surface area contributed by atoms with E-state index < -0.39 is 0 Å². The number of benzene rings is 6. The lowest BCUT2D eigenvalue weighted by Crippen LogP contribution is -2.13. The zero-order valence-corrected chi connectivity index (χ0v) is 51.0. The van der Waals surface area contributed by atoms with Crippen LogP contribution in [0.3, 0.4) is 0 Å². The third-order valence-corrected chi connectivity index (χ3v) is 16.2. The van der Waals surface area contributed by atoms with E-state index in [1.807, 2.05) is 0 Å². The Balaban J connectivity index is 1.20. The molecule has 12 heterocycles. The average molecular weight is 1150 g/mol. The molecule has 6 aromatic rings. The van der Waals surface area contributed by atoms with E-state index in [1.165, 1.54) is 0 Å². The van der Waals surface area contributed by atoms with E-state index in [9.17, 15) is 0 Å². The number of ether oxygens (including phenoxy) is 12. The minimum atomic E-state index is 0.272. The monoisotopic (exact) mass is 1150 g/mol. The van der Waals surface area contributed by atoms with Gasteiger partial charge >= 0.3 is 0 Å². The predicted molar refractivity (Wildman–Crippen MR) is 331 cm³/mol. The van der Waals surface area contributed by atoms with Crippen LogP contribution in [0, 0.1) is 0 Å². The van der Waals surface area contributed by atoms with Gasteiger partial charge in [0, 0.05) is 0 Å². The Morgan fingerprint density at radius 3 is 0.512 bits per heavy atom. The summed E-state index contributed by atoms with van der Waals surface area (Å²) >= 11 is 0. The predicted octanol–water partition coefficient (Wildman–Crippen LogP) is 15.9. The van der Waals surface area contributed by atoms with E-state index in [1.54, 1.807) is 0 Å². The molecule has 6 aromatic carbocycles. The molecular formula is C72H90O12. The first-order chi connectivity index (χ1) is 41.3. The molecule has 0 amide bonds. The first-order valence-corrected chi connectivity index (χ1v) is 31.8. The van der Waals surface area contributed by atoms with Crippen molar-refractivity contribution in [2.45, 2.75) is 157 Å². The second kappa shape index (κ2) is 30.1. The summed E-state index contributed by atoms with van der Waals surface area (Å²) in [6, 6.07) is 26.4. The van der Waals surface area contributed by atoms with Gasteiger partial charge in [-0.15, -0.1) is 0 Å². The molecule has 12 heteroatoms. The van der Waals surface area contributed by atoms with Gasteiger partial charge in [0.1, 0.15) is 39.6 Å². The molecule has 0 radical (unpaired) electrons. The van der Waals surface area contributed by atoms with E-state index in [-0.39, 0.29) is 39.6 Å². The Hall–Kier alpha value is -7.08. The third-order valence-electron chi connectivity index (χ3n) is 16.2. The molecule has 84 heavy (non-hydrogen) atoms. The molecule has 12 aliphatic heterocycles. The number of unbranched alkanes of at least 4 members (excludes halogenated alkanes) is 6. The van der Waals surface area contributed by atoms with E-state index in [0.29, 0.717) is 147 Å². The molecule has 0 spiro atoms. The Bertz CT molecular complexity index is 2610. The summed E-state index contributed by atoms with van der Waals surface area (Å²) in [6.07, 6.45) is 15.2. The molecule has 0 saturated carbocycles. The van der Waals surface area contributed by atoms with E-state index in [4.69, 9.17) is 56.8 Å². The lowest BCUT2D eigenvalue weighted by Gasteiger charge is -2.21. The molecule has 0 N–H and O–H groups in total. The van der Waals surface area contributed by atoms with Crippen molar-refractivity contribution in [3.8, 4) is 69.0 Å². The van der Waals surface area contributed by atoms with E-state index >= 15 is 0 Å². The lowest BCUT2D eigenvalue weighted by atomic mass is 9.94. The van der Waals surface area contributed by atoms with E-state index in [0.717, 1.165) is 144 Å². The zero-order chi connectivity index (χ0) is 58.0. The van der Waals surface area contributed by atoms with Gasteiger partial charge in [0.2, 0.25) is 0 Å². The minimum Gasteiger partial charge on any atom is -0.490 e. The Labute approximate surface area is 499 Å². The number of hydrogen-bond donors (Lipinski definition) is 0. The van der Waals surface area contributed by atoms with Crippen molar-refractivity contribution in [3.63, 3.8) is 0 Å². The third kappa shape index (κ3) is 15.2. The largest absolute Gasteiger partial charge is 0.490 e. The highest BCUT2D eigenvalue weighted by atomic mass is 16.6. The lowest BCUT2D eigenvalue weighted by molar-refractivity contribution is 0.198. The van der Waals surface area contributed by atoms with Gasteiger partial charge in [-0.2, -0.15) is 0 Å². The summed E-state index contributed by atoms with van der Waals surface area (Å²) < 4.78 is 81.3. The molecule has 12 nitrogen and oxygen atoms in total. The maximum absolute atomic E-state index is 6.87. The van der Waals surface area contributed by atoms with Crippen LogP contribution in [0.1, 0.15) is 185 Å². The van der Waals surface area contributed by atoms with Crippen LogP contribution < -0.4 is 56.8 Å². The first-order valence-electron chi connectivity index (χ1n) is 31.8. The highest BCUT2D eigenvalue weighted by Gasteiger charge is 2.27. The number of hydrogen-bond acceptors (Lipinski definition) is 12. The Morgan fingerprint density at radius 1 is 0.226 bits per heavy atom. The fraction of sp³-hybridized carbons (Fsp3) is 0.500. The fourth-order valence-corrected chi connectivity index (χ4v) is 11.3. The van der Waals surface area contributed by atoms with Crippen LogP contribution in [-0.4, -0.2) is 79.3 Å². The van der Waals surface area contributed by atoms with Crippen molar-refractivity contribution in [2.24, 2.45) is 0 Å². The van der Waals surface area contributed by atoms with Crippen LogP contribution in [0.5, 0.6) is 69.0 Å². The molecule has 0 aromatic heterocycles. The first kappa shape index (κ1) is 60.1. The molecule has 2 aliphatic carbocycles. The van der Waals surface area contributed by atoms with Crippen LogP contribution in [-0.2, 0) is 38.5 Å². The highest BCUT2D eigenvalue weighted by molar-refractivity contribution is 5.61. The normalized spacial score (nSPS) is 14.2. The molecule has 14 aliphatic rings. The fourth-order valence-electron chi connectivity index (χ4n) is 11.3. The van der Waals surface area contributed by atoms with Gasteiger partial charge in [0.25, 0.3) is 0 Å². The summed E-state index contributed by atoms with van der Waals surface area (Å²) in [6.45, 7) is 18.1. The summed E-state index contributed by atoms with van der Waals surface area (Å²) in [5.74, 6) is 8.36. The van der Waals surface area contributed by atoms with Crippen LogP contribution in [0.25, 0.3) is 0 Å². The van der Waals surface area contributed by atoms with Gasteiger partial charge in [0.15, 0.2) is 69.0 Å². The van der Waals surface area contributed by atoms with Crippen molar-refractivity contribution in [1.29, 1.82) is 0 Å². The highest BCUT2D eigenvalue weighted by Crippen LogP contribution is 2.45. The van der Waals surface area contributed by atoms with Gasteiger partial charge in [-0.25, -0.2) is 0 Å². The van der Waals surface area contributed by atoms with Gasteiger partial charge < -0.3 is 56.8 Å². The summed E-state index contributed by atoms with van der Waals surface area (Å²) in [7, 11) is 0. The number of rotatable bonds is 24. The maximum atomic E-state index is 6.87. The molecule has 450 valence electrons. The maximum Gasteiger partial charge on any atom is 0.161 e. The molecule has 0 unspecified atom stereocenters. The van der Waals surface area contributed by atoms with Crippen molar-refractivity contribution >= 4 is 0 Å². The zero-order valence-electron chi connectivity index (χ0n) is 51.0. The minimum absolute atomic E-state index is 0.272. The van der Waals surface area contributed by atoms with E-state index in [2.05, 4.69) is 114 Å². The van der Waals surface area contributed by atoms with Crippen molar-refractivity contribution in [1.82, 2.24) is 0 Å². The molecule has 0 fully saturated rings. The van der Waals surface area contributed by atoms with Gasteiger partial charge in [-0.05, 0) is 217 Å². The van der Waals surface area contributed by atoms with Gasteiger partial charge in [-0.3, -0.25) is 0 Å². The quantitative estimate of drug-likeness (QED) is 0.0537. The molecule has 0 saturated heterocycles. The Kier molecular flexibility index (Phi) is 21.5. The van der Waals surface area contributed by atoms with Crippen molar-refractivity contribution < 1.29 is 56.8 Å². The smallest absolute Gasteiger partial charge is 0.161 e. The summed E-state index contributed by atoms with van der Waals surface area (Å²) in [5, 5.41) is 0. The standard InChI is InChI=1S/C72H90O12/c1-7-13-19-73-61-37-49-31-56-44-68-63(75-21-15-9-3)39-51(56)33-57-45-70-62(74-20-14-8-2)38-50(57)32-55(49)43-67(61)79-25-26-80-69-46-58-34-53-41-65(77-23-17-11-5)71(83-28-27-81-68)48-60(53)36-54-42-66(78-24-18-12-6)72(84-30-29-82-70)47-59(54)35-52(58)40-64(69)76-22-16-10-4/h37-48H,7-36H2,1-6H3. The van der Waals surface area contributed by atoms with Crippen molar-refractivity contribution in [2.75, 3.05) is 79.3 Å². The second-order valence-corrected chi connectivity index (χ2v) is 22.8. The summed E-state index contributed by atoms with van der Waals surface area (Å²) in [5.41, 5.74) is 13.6. The Morgan fingerprint density at radius 2 is 0.369 bits per heavy atom. The van der Waals surface area contributed by atoms with Gasteiger partial charge in [-0.1, -0.05) is 80.1 Å². The van der Waals surface area contributed by atoms with Crippen LogP contribution >= 0.6 is 0 Å².